The molecule has 0 saturated carbocycles. The molecule has 0 rings (SSSR count). The molecule has 0 radical (unpaired) electrons. The number of nitrogens with one attached hydrogen (secondary N) is 1. The second kappa shape index (κ2) is 15.4. The molecule has 7 N–H and O–H groups in total. The zero-order valence-electron chi connectivity index (χ0n) is 11.1. The molecular weight excluding hydrogens is 332 g/mol. The van der Waals surface area contributed by atoms with Crippen LogP contribution >= 0.6 is 13.4 Å². The van der Waals surface area contributed by atoms with Crippen molar-refractivity contribution in [3.05, 3.63) is 0 Å². The van der Waals surface area contributed by atoms with E-state index < -0.39 is 13.4 Å². The van der Waals surface area contributed by atoms with E-state index in [0.29, 0.717) is 0 Å². The lowest BCUT2D eigenvalue weighted by Gasteiger charge is -1.99. The highest BCUT2D eigenvalue weighted by molar-refractivity contribution is 8.06. The highest BCUT2D eigenvalue weighted by Gasteiger charge is 1.92. The average Bonchev–Trinajstić information content (AvgIpc) is 2.12. The van der Waals surface area contributed by atoms with Gasteiger partial charge in [0.15, 0.2) is 0 Å². The highest BCUT2D eigenvalue weighted by atomic mass is 32.5. The molecule has 0 aromatic heterocycles. The van der Waals surface area contributed by atoms with Crippen molar-refractivity contribution in [2.24, 2.45) is 0 Å². The molecule has 0 fully saturated rings. The molecule has 0 aliphatic rings. The predicted octanol–water partition coefficient (Wildman–Crippen LogP) is 0.552. The van der Waals surface area contributed by atoms with Gasteiger partial charge in [0, 0.05) is 0 Å². The molecule has 0 bridgehead atoms. The van der Waals surface area contributed by atoms with Crippen LogP contribution in [0.3, 0.4) is 0 Å². The number of rotatable bonds is 6. The third kappa shape index (κ3) is 112. The maximum atomic E-state index is 7.56. The van der Waals surface area contributed by atoms with Crippen molar-refractivity contribution in [3.63, 3.8) is 0 Å². The average molecular weight is 357 g/mol. The topological polar surface area (TPSA) is 133 Å². The summed E-state index contributed by atoms with van der Waals surface area (Å²) in [6, 6.07) is 0. The molecule has 0 spiro atoms. The summed E-state index contributed by atoms with van der Waals surface area (Å²) in [6.07, 6.45) is 5.26. The monoisotopic (exact) mass is 357 g/mol. The number of hydrogen-bond donors (Lipinski definition) is 7. The minimum absolute atomic E-state index is 1.20. The van der Waals surface area contributed by atoms with Crippen molar-refractivity contribution in [2.75, 3.05) is 13.1 Å². The summed E-state index contributed by atoms with van der Waals surface area (Å²) in [5.41, 5.74) is 0. The summed E-state index contributed by atoms with van der Waals surface area (Å²) in [6.45, 7) is -0.754. The summed E-state index contributed by atoms with van der Waals surface area (Å²) in [7, 11) is 0. The van der Waals surface area contributed by atoms with Gasteiger partial charge in [-0.15, -0.1) is 0 Å². The van der Waals surface area contributed by atoms with Crippen LogP contribution in [0.4, 0.5) is 0 Å². The molecular formula is C8H25NO6P2S2. The van der Waals surface area contributed by atoms with E-state index in [9.17, 15) is 0 Å². The molecule has 0 amide bonds. The summed E-state index contributed by atoms with van der Waals surface area (Å²) in [5.74, 6) is 0. The van der Waals surface area contributed by atoms with Gasteiger partial charge in [0.1, 0.15) is 0 Å². The van der Waals surface area contributed by atoms with Gasteiger partial charge in [-0.3, -0.25) is 0 Å². The first-order chi connectivity index (χ1) is 8.41. The van der Waals surface area contributed by atoms with Gasteiger partial charge >= 0.3 is 13.4 Å². The Morgan fingerprint density at radius 2 is 0.947 bits per heavy atom. The van der Waals surface area contributed by atoms with Gasteiger partial charge in [0.25, 0.3) is 0 Å². The minimum atomic E-state index is -3.81. The Labute approximate surface area is 124 Å². The number of unbranched alkanes of at least 4 members (excludes halogenated alkanes) is 2. The van der Waals surface area contributed by atoms with Crippen LogP contribution in [-0.4, -0.2) is 42.4 Å². The van der Waals surface area contributed by atoms with Crippen molar-refractivity contribution in [2.45, 2.75) is 39.5 Å². The first-order valence-electron chi connectivity index (χ1n) is 5.69. The Kier molecular flexibility index (Phi) is 20.3. The molecule has 0 aromatic carbocycles. The van der Waals surface area contributed by atoms with E-state index in [0.717, 1.165) is 0 Å². The summed E-state index contributed by atoms with van der Waals surface area (Å²) >= 11 is 7.21. The van der Waals surface area contributed by atoms with Crippen LogP contribution in [0.1, 0.15) is 39.5 Å². The van der Waals surface area contributed by atoms with Gasteiger partial charge in [-0.25, -0.2) is 0 Å². The summed E-state index contributed by atoms with van der Waals surface area (Å²) < 4.78 is 0. The lowest BCUT2D eigenvalue weighted by molar-refractivity contribution is 0.361. The Hall–Kier alpha value is 1.02. The molecule has 19 heavy (non-hydrogen) atoms. The standard InChI is InChI=1S/C8H19N.2H3O3PS/c1-3-5-7-9-8-6-4-2;2*1-4(2,3)5/h9H,3-8H2,1-2H3;2*(H3,1,2,3,5). The molecule has 0 unspecified atom stereocenters. The third-order valence-electron chi connectivity index (χ3n) is 1.41. The van der Waals surface area contributed by atoms with Gasteiger partial charge < -0.3 is 34.7 Å². The van der Waals surface area contributed by atoms with Gasteiger partial charge in [-0.2, -0.15) is 0 Å². The molecule has 0 aromatic rings. The Balaban J connectivity index is -0.000000219. The van der Waals surface area contributed by atoms with E-state index in [1.807, 2.05) is 0 Å². The molecule has 0 saturated heterocycles. The lowest BCUT2D eigenvalue weighted by Crippen LogP contribution is -2.15. The van der Waals surface area contributed by atoms with Crippen LogP contribution in [0.25, 0.3) is 0 Å². The lowest BCUT2D eigenvalue weighted by atomic mass is 10.3. The van der Waals surface area contributed by atoms with Crippen molar-refractivity contribution in [1.82, 2.24) is 5.32 Å². The Bertz CT molecular complexity index is 227. The zero-order chi connectivity index (χ0) is 15.9. The van der Waals surface area contributed by atoms with E-state index >= 15 is 0 Å². The van der Waals surface area contributed by atoms with Crippen molar-refractivity contribution >= 4 is 37.1 Å². The maximum Gasteiger partial charge on any atom is 0.319 e. The second-order valence-corrected chi connectivity index (χ2v) is 8.48. The number of hydrogen-bond acceptors (Lipinski definition) is 3. The van der Waals surface area contributed by atoms with Crippen LogP contribution in [-0.2, 0) is 23.6 Å². The minimum Gasteiger partial charge on any atom is -0.325 e. The first kappa shape index (κ1) is 25.0. The third-order valence-corrected chi connectivity index (χ3v) is 1.41. The van der Waals surface area contributed by atoms with Crippen molar-refractivity contribution < 1.29 is 29.4 Å². The molecule has 0 aliphatic carbocycles. The van der Waals surface area contributed by atoms with E-state index in [4.69, 9.17) is 29.4 Å². The second-order valence-electron chi connectivity index (χ2n) is 3.48. The molecule has 7 nitrogen and oxygen atoms in total. The first-order valence-corrected chi connectivity index (χ1v) is 11.0. The van der Waals surface area contributed by atoms with E-state index in [-0.39, 0.29) is 0 Å². The largest absolute Gasteiger partial charge is 0.325 e. The van der Waals surface area contributed by atoms with E-state index in [1.54, 1.807) is 0 Å². The van der Waals surface area contributed by atoms with Gasteiger partial charge in [0.05, 0.1) is 0 Å². The highest BCUT2D eigenvalue weighted by Crippen LogP contribution is 2.26. The van der Waals surface area contributed by atoms with Gasteiger partial charge in [0.2, 0.25) is 0 Å². The fraction of sp³-hybridized carbons (Fsp3) is 1.00. The molecule has 120 valence electrons. The fourth-order valence-corrected chi connectivity index (χ4v) is 0.729. The van der Waals surface area contributed by atoms with E-state index in [1.165, 1.54) is 38.8 Å². The van der Waals surface area contributed by atoms with E-state index in [2.05, 4.69) is 42.8 Å². The molecule has 0 heterocycles. The molecule has 0 atom stereocenters. The summed E-state index contributed by atoms with van der Waals surface area (Å²) in [5, 5.41) is 3.39. The molecule has 11 heteroatoms. The Morgan fingerprint density at radius 3 is 1.11 bits per heavy atom. The quantitative estimate of drug-likeness (QED) is 0.269. The normalized spacial score (nSPS) is 10.9. The summed E-state index contributed by atoms with van der Waals surface area (Å²) in [4.78, 5) is 45.3. The van der Waals surface area contributed by atoms with Crippen LogP contribution < -0.4 is 5.32 Å². The predicted molar refractivity (Wildman–Crippen MR) is 84.6 cm³/mol. The van der Waals surface area contributed by atoms with Crippen molar-refractivity contribution in [1.29, 1.82) is 0 Å². The van der Waals surface area contributed by atoms with Crippen LogP contribution in [0.5, 0.6) is 0 Å². The van der Waals surface area contributed by atoms with Crippen LogP contribution in [0.15, 0.2) is 0 Å². The smallest absolute Gasteiger partial charge is 0.319 e. The van der Waals surface area contributed by atoms with Gasteiger partial charge in [-0.05, 0) is 49.5 Å². The Morgan fingerprint density at radius 1 is 0.737 bits per heavy atom. The zero-order valence-corrected chi connectivity index (χ0v) is 14.6. The van der Waals surface area contributed by atoms with Crippen LogP contribution in [0.2, 0.25) is 0 Å². The van der Waals surface area contributed by atoms with Crippen LogP contribution in [0, 0.1) is 0 Å². The van der Waals surface area contributed by atoms with Gasteiger partial charge in [-0.1, -0.05) is 26.7 Å². The van der Waals surface area contributed by atoms with Crippen molar-refractivity contribution in [3.8, 4) is 0 Å². The maximum absolute atomic E-state index is 7.56. The SMILES string of the molecule is CCCCNCCCC.OP(O)(O)=S.OP(O)(O)=S. The fourth-order valence-electron chi connectivity index (χ4n) is 0.729. The molecule has 0 aliphatic heterocycles.